The summed E-state index contributed by atoms with van der Waals surface area (Å²) in [5.41, 5.74) is 0. The van der Waals surface area contributed by atoms with Crippen LogP contribution < -0.4 is 4.90 Å². The average molecular weight is 275 g/mol. The van der Waals surface area contributed by atoms with Gasteiger partial charge in [-0.25, -0.2) is 19.3 Å². The number of rotatable bonds is 3. The van der Waals surface area contributed by atoms with Crippen molar-refractivity contribution in [2.24, 2.45) is 5.92 Å². The molecule has 0 aromatic carbocycles. The van der Waals surface area contributed by atoms with Crippen molar-refractivity contribution in [1.82, 2.24) is 19.5 Å². The molecule has 5 nitrogen and oxygen atoms in total. The van der Waals surface area contributed by atoms with E-state index in [0.29, 0.717) is 11.9 Å². The summed E-state index contributed by atoms with van der Waals surface area (Å²) in [6, 6.07) is 0. The van der Waals surface area contributed by atoms with E-state index in [0.717, 1.165) is 31.9 Å². The lowest BCUT2D eigenvalue weighted by Gasteiger charge is -2.33. The molecule has 6 heteroatoms. The maximum Gasteiger partial charge on any atom is 0.225 e. The molecule has 0 bridgehead atoms. The van der Waals surface area contributed by atoms with Crippen LogP contribution in [-0.4, -0.2) is 32.6 Å². The molecule has 0 unspecified atom stereocenters. The first-order valence-electron chi connectivity index (χ1n) is 6.92. The Kier molecular flexibility index (Phi) is 3.62. The molecule has 0 saturated carbocycles. The normalized spacial score (nSPS) is 19.3. The molecule has 1 fully saturated rings. The Morgan fingerprint density at radius 3 is 2.80 bits per heavy atom. The Bertz CT molecular complexity index is 565. The van der Waals surface area contributed by atoms with E-state index in [1.807, 2.05) is 19.3 Å². The second-order valence-corrected chi connectivity index (χ2v) is 5.28. The number of piperidine rings is 1. The highest BCUT2D eigenvalue weighted by atomic mass is 19.1. The molecule has 0 radical (unpaired) electrons. The molecule has 3 heterocycles. The van der Waals surface area contributed by atoms with Crippen molar-refractivity contribution < 1.29 is 4.39 Å². The number of imidazole rings is 1. The third-order valence-corrected chi connectivity index (χ3v) is 3.79. The van der Waals surface area contributed by atoms with Crippen LogP contribution in [0.3, 0.4) is 0 Å². The van der Waals surface area contributed by atoms with E-state index in [2.05, 4.69) is 24.4 Å². The van der Waals surface area contributed by atoms with E-state index < -0.39 is 5.82 Å². The van der Waals surface area contributed by atoms with Crippen LogP contribution >= 0.6 is 0 Å². The van der Waals surface area contributed by atoms with E-state index in [-0.39, 0.29) is 0 Å². The second-order valence-electron chi connectivity index (χ2n) is 5.28. The predicted octanol–water partition coefficient (Wildman–Crippen LogP) is 2.04. The first-order chi connectivity index (χ1) is 9.72. The molecule has 0 spiro atoms. The molecule has 0 N–H and O–H groups in total. The van der Waals surface area contributed by atoms with Crippen LogP contribution in [0, 0.1) is 18.7 Å². The lowest BCUT2D eigenvalue weighted by molar-refractivity contribution is 0.361. The molecular formula is C14H18FN5. The maximum atomic E-state index is 12.9. The van der Waals surface area contributed by atoms with E-state index in [9.17, 15) is 4.39 Å². The topological polar surface area (TPSA) is 46.8 Å². The number of hydrogen-bond acceptors (Lipinski definition) is 4. The van der Waals surface area contributed by atoms with Gasteiger partial charge in [0.05, 0.1) is 12.4 Å². The molecule has 0 aliphatic carbocycles. The van der Waals surface area contributed by atoms with E-state index in [4.69, 9.17) is 0 Å². The summed E-state index contributed by atoms with van der Waals surface area (Å²) in [7, 11) is 0. The van der Waals surface area contributed by atoms with Crippen molar-refractivity contribution in [3.8, 4) is 0 Å². The standard InChI is InChI=1S/C14H18FN5/c1-11-16-4-6-19(11)9-12-3-2-5-20(10-12)14-17-7-13(15)8-18-14/h4,6-8,12H,2-3,5,9-10H2,1H3/t12-/m0/s1. The first-order valence-corrected chi connectivity index (χ1v) is 6.92. The molecule has 0 amide bonds. The van der Waals surface area contributed by atoms with Gasteiger partial charge in [-0.15, -0.1) is 0 Å². The van der Waals surface area contributed by atoms with E-state index >= 15 is 0 Å². The van der Waals surface area contributed by atoms with Crippen LogP contribution in [0.1, 0.15) is 18.7 Å². The van der Waals surface area contributed by atoms with Gasteiger partial charge in [0.2, 0.25) is 5.95 Å². The fourth-order valence-electron chi connectivity index (χ4n) is 2.74. The van der Waals surface area contributed by atoms with Crippen LogP contribution in [0.15, 0.2) is 24.8 Å². The van der Waals surface area contributed by atoms with Gasteiger partial charge >= 0.3 is 0 Å². The third kappa shape index (κ3) is 2.79. The van der Waals surface area contributed by atoms with Gasteiger partial charge in [0.15, 0.2) is 5.82 Å². The van der Waals surface area contributed by atoms with Crippen LogP contribution in [0.5, 0.6) is 0 Å². The number of anilines is 1. The summed E-state index contributed by atoms with van der Waals surface area (Å²) in [4.78, 5) is 14.5. The molecule has 2 aromatic rings. The second kappa shape index (κ2) is 5.56. The minimum atomic E-state index is -0.392. The summed E-state index contributed by atoms with van der Waals surface area (Å²) in [6.45, 7) is 4.82. The summed E-state index contributed by atoms with van der Waals surface area (Å²) in [6.07, 6.45) is 8.61. The van der Waals surface area contributed by atoms with Gasteiger partial charge in [-0.3, -0.25) is 0 Å². The Labute approximate surface area is 117 Å². The van der Waals surface area contributed by atoms with Gasteiger partial charge in [0.1, 0.15) is 5.82 Å². The van der Waals surface area contributed by atoms with Crippen molar-refractivity contribution in [3.63, 3.8) is 0 Å². The molecule has 20 heavy (non-hydrogen) atoms. The number of hydrogen-bond donors (Lipinski definition) is 0. The smallest absolute Gasteiger partial charge is 0.225 e. The number of aromatic nitrogens is 4. The SMILES string of the molecule is Cc1nccn1C[C@@H]1CCCN(c2ncc(F)cn2)C1. The van der Waals surface area contributed by atoms with Gasteiger partial charge in [0, 0.05) is 32.0 Å². The summed E-state index contributed by atoms with van der Waals surface area (Å²) >= 11 is 0. The largest absolute Gasteiger partial charge is 0.340 e. The molecule has 3 rings (SSSR count). The Hall–Kier alpha value is -1.98. The molecule has 1 saturated heterocycles. The minimum absolute atomic E-state index is 0.392. The Morgan fingerprint density at radius 2 is 2.10 bits per heavy atom. The lowest BCUT2D eigenvalue weighted by Crippen LogP contribution is -2.38. The molecule has 2 aromatic heterocycles. The third-order valence-electron chi connectivity index (χ3n) is 3.79. The molecular weight excluding hydrogens is 257 g/mol. The highest BCUT2D eigenvalue weighted by Crippen LogP contribution is 2.21. The lowest BCUT2D eigenvalue weighted by atomic mass is 9.98. The zero-order valence-corrected chi connectivity index (χ0v) is 11.5. The maximum absolute atomic E-state index is 12.9. The van der Waals surface area contributed by atoms with Crippen LogP contribution in [-0.2, 0) is 6.54 Å². The fraction of sp³-hybridized carbons (Fsp3) is 0.500. The predicted molar refractivity (Wildman–Crippen MR) is 73.9 cm³/mol. The highest BCUT2D eigenvalue weighted by Gasteiger charge is 2.22. The first kappa shape index (κ1) is 13.0. The zero-order valence-electron chi connectivity index (χ0n) is 11.5. The number of halogens is 1. The van der Waals surface area contributed by atoms with Gasteiger partial charge < -0.3 is 9.47 Å². The van der Waals surface area contributed by atoms with Gasteiger partial charge in [0.25, 0.3) is 0 Å². The highest BCUT2D eigenvalue weighted by molar-refractivity contribution is 5.29. The Morgan fingerprint density at radius 1 is 1.30 bits per heavy atom. The molecule has 1 aliphatic rings. The minimum Gasteiger partial charge on any atom is -0.340 e. The van der Waals surface area contributed by atoms with Crippen molar-refractivity contribution in [1.29, 1.82) is 0 Å². The quantitative estimate of drug-likeness (QED) is 0.860. The van der Waals surface area contributed by atoms with Crippen LogP contribution in [0.25, 0.3) is 0 Å². The molecule has 106 valence electrons. The number of aryl methyl sites for hydroxylation is 1. The zero-order chi connectivity index (χ0) is 13.9. The summed E-state index contributed by atoms with van der Waals surface area (Å²) in [5.74, 6) is 1.82. The Balaban J connectivity index is 1.67. The van der Waals surface area contributed by atoms with Gasteiger partial charge in [-0.1, -0.05) is 0 Å². The summed E-state index contributed by atoms with van der Waals surface area (Å²) in [5, 5.41) is 0. The van der Waals surface area contributed by atoms with E-state index in [1.165, 1.54) is 18.8 Å². The van der Waals surface area contributed by atoms with Crippen molar-refractivity contribution >= 4 is 5.95 Å². The van der Waals surface area contributed by atoms with Crippen molar-refractivity contribution in [2.45, 2.75) is 26.3 Å². The number of nitrogens with zero attached hydrogens (tertiary/aromatic N) is 5. The van der Waals surface area contributed by atoms with Gasteiger partial charge in [-0.05, 0) is 25.7 Å². The average Bonchev–Trinajstić information content (AvgIpc) is 2.85. The fourth-order valence-corrected chi connectivity index (χ4v) is 2.74. The van der Waals surface area contributed by atoms with Crippen molar-refractivity contribution in [3.05, 3.63) is 36.4 Å². The van der Waals surface area contributed by atoms with Gasteiger partial charge in [-0.2, -0.15) is 0 Å². The monoisotopic (exact) mass is 275 g/mol. The molecule has 1 atom stereocenters. The van der Waals surface area contributed by atoms with Crippen molar-refractivity contribution in [2.75, 3.05) is 18.0 Å². The van der Waals surface area contributed by atoms with Crippen LogP contribution in [0.2, 0.25) is 0 Å². The van der Waals surface area contributed by atoms with Crippen LogP contribution in [0.4, 0.5) is 10.3 Å². The van der Waals surface area contributed by atoms with E-state index in [1.54, 1.807) is 0 Å². The summed E-state index contributed by atoms with van der Waals surface area (Å²) < 4.78 is 15.1. The molecule has 1 aliphatic heterocycles.